The van der Waals surface area contributed by atoms with Crippen LogP contribution in [0.3, 0.4) is 0 Å². The number of nitrogens with zero attached hydrogens (tertiary/aromatic N) is 1. The molecule has 0 bridgehead atoms. The lowest BCUT2D eigenvalue weighted by molar-refractivity contribution is -0.121. The van der Waals surface area contributed by atoms with Gasteiger partial charge in [0.15, 0.2) is 5.78 Å². The fourth-order valence-corrected chi connectivity index (χ4v) is 3.70. The van der Waals surface area contributed by atoms with Crippen molar-refractivity contribution in [3.05, 3.63) is 71.0 Å². The molecule has 0 saturated carbocycles. The minimum Gasteiger partial charge on any atom is -0.325 e. The van der Waals surface area contributed by atoms with Gasteiger partial charge in [-0.2, -0.15) is 0 Å². The first kappa shape index (κ1) is 14.2. The Balaban J connectivity index is 1.96. The number of nitrogens with one attached hydrogen (secondary N) is 1. The summed E-state index contributed by atoms with van der Waals surface area (Å²) in [6, 6.07) is 10.9. The lowest BCUT2D eigenvalue weighted by Crippen LogP contribution is -2.42. The number of halogens is 1. The lowest BCUT2D eigenvalue weighted by atomic mass is 9.65. The molecule has 2 atom stereocenters. The number of benzene rings is 1. The van der Waals surface area contributed by atoms with Crippen molar-refractivity contribution in [3.63, 3.8) is 0 Å². The number of hydrogen-bond acceptors (Lipinski definition) is 3. The molecule has 1 aliphatic carbocycles. The number of allylic oxidation sites excluding steroid dienone is 1. The predicted octanol–water partition coefficient (Wildman–Crippen LogP) is 3.24. The van der Waals surface area contributed by atoms with Crippen molar-refractivity contribution in [2.24, 2.45) is 0 Å². The van der Waals surface area contributed by atoms with Crippen molar-refractivity contribution in [2.75, 3.05) is 5.32 Å². The number of pyridine rings is 1. The molecule has 0 unspecified atom stereocenters. The monoisotopic (exact) mass is 324 g/mol. The van der Waals surface area contributed by atoms with Gasteiger partial charge in [-0.1, -0.05) is 29.8 Å². The largest absolute Gasteiger partial charge is 0.325 e. The zero-order valence-electron chi connectivity index (χ0n) is 12.1. The molecule has 1 aliphatic heterocycles. The topological polar surface area (TPSA) is 59.1 Å². The highest BCUT2D eigenvalue weighted by atomic mass is 35.5. The number of fused-ring (bicyclic) bond motifs is 2. The van der Waals surface area contributed by atoms with Crippen molar-refractivity contribution in [1.29, 1.82) is 0 Å². The highest BCUT2D eigenvalue weighted by molar-refractivity contribution is 6.31. The molecule has 0 fully saturated rings. The quantitative estimate of drug-likeness (QED) is 0.876. The Morgan fingerprint density at radius 1 is 1.22 bits per heavy atom. The molecule has 0 saturated heterocycles. The van der Waals surface area contributed by atoms with Crippen LogP contribution in [0.5, 0.6) is 0 Å². The molecule has 2 aliphatic rings. The smallest absolute Gasteiger partial charge is 0.239 e. The summed E-state index contributed by atoms with van der Waals surface area (Å²) < 4.78 is 0. The Labute approximate surface area is 138 Å². The summed E-state index contributed by atoms with van der Waals surface area (Å²) in [7, 11) is 0. The molecule has 4 nitrogen and oxygen atoms in total. The SMILES string of the molecule is O=C1C=C[C@@]2(C(=O)Nc3cc(Cl)ccc32)[C@H](c2ccccn2)C1. The molecule has 1 aromatic carbocycles. The standard InChI is InChI=1S/C18H13ClN2O2/c19-11-4-5-13-16(9-11)21-17(23)18(13)7-6-12(22)10-14(18)15-3-1-2-8-20-15/h1-9,14H,10H2,(H,21,23)/t14-,18-/m0/s1. The number of carbonyl (C=O) groups is 2. The molecule has 23 heavy (non-hydrogen) atoms. The molecule has 1 aromatic heterocycles. The van der Waals surface area contributed by atoms with E-state index in [1.54, 1.807) is 24.4 Å². The second-order valence-corrected chi connectivity index (χ2v) is 6.26. The van der Waals surface area contributed by atoms with Gasteiger partial charge >= 0.3 is 0 Å². The van der Waals surface area contributed by atoms with Crippen LogP contribution in [0.2, 0.25) is 5.02 Å². The Kier molecular flexibility index (Phi) is 3.10. The van der Waals surface area contributed by atoms with Gasteiger partial charge in [0.1, 0.15) is 5.41 Å². The molecule has 1 spiro atoms. The van der Waals surface area contributed by atoms with E-state index < -0.39 is 5.41 Å². The van der Waals surface area contributed by atoms with E-state index in [1.807, 2.05) is 24.3 Å². The minimum absolute atomic E-state index is 0.00138. The zero-order valence-corrected chi connectivity index (χ0v) is 12.9. The number of rotatable bonds is 1. The van der Waals surface area contributed by atoms with E-state index >= 15 is 0 Å². The summed E-state index contributed by atoms with van der Waals surface area (Å²) in [6.45, 7) is 0. The van der Waals surface area contributed by atoms with E-state index in [0.29, 0.717) is 10.7 Å². The van der Waals surface area contributed by atoms with Crippen LogP contribution in [0, 0.1) is 0 Å². The van der Waals surface area contributed by atoms with Crippen molar-refractivity contribution >= 4 is 29.0 Å². The van der Waals surface area contributed by atoms with Gasteiger partial charge < -0.3 is 5.32 Å². The Hall–Kier alpha value is -2.46. The summed E-state index contributed by atoms with van der Waals surface area (Å²) in [5, 5.41) is 3.46. The molecular weight excluding hydrogens is 312 g/mol. The average molecular weight is 325 g/mol. The number of amides is 1. The number of carbonyl (C=O) groups excluding carboxylic acids is 2. The molecule has 2 aromatic rings. The highest BCUT2D eigenvalue weighted by Gasteiger charge is 2.53. The molecule has 0 radical (unpaired) electrons. The number of hydrogen-bond donors (Lipinski definition) is 1. The molecular formula is C18H13ClN2O2. The van der Waals surface area contributed by atoms with Crippen LogP contribution in [-0.4, -0.2) is 16.7 Å². The van der Waals surface area contributed by atoms with E-state index in [-0.39, 0.29) is 24.0 Å². The fourth-order valence-electron chi connectivity index (χ4n) is 3.53. The van der Waals surface area contributed by atoms with Crippen LogP contribution >= 0.6 is 11.6 Å². The summed E-state index contributed by atoms with van der Waals surface area (Å²) in [4.78, 5) is 29.2. The predicted molar refractivity (Wildman–Crippen MR) is 87.5 cm³/mol. The van der Waals surface area contributed by atoms with E-state index in [2.05, 4.69) is 10.3 Å². The van der Waals surface area contributed by atoms with Gasteiger partial charge in [0.05, 0.1) is 0 Å². The van der Waals surface area contributed by atoms with Crippen molar-refractivity contribution in [1.82, 2.24) is 4.98 Å². The van der Waals surface area contributed by atoms with Gasteiger partial charge in [0, 0.05) is 34.9 Å². The first-order valence-electron chi connectivity index (χ1n) is 7.36. The minimum atomic E-state index is -0.914. The van der Waals surface area contributed by atoms with Crippen LogP contribution < -0.4 is 5.32 Å². The molecule has 1 amide bonds. The van der Waals surface area contributed by atoms with Crippen LogP contribution in [0.4, 0.5) is 5.69 Å². The highest BCUT2D eigenvalue weighted by Crippen LogP contribution is 2.51. The van der Waals surface area contributed by atoms with Gasteiger partial charge in [-0.05, 0) is 35.9 Å². The van der Waals surface area contributed by atoms with Gasteiger partial charge in [-0.25, -0.2) is 0 Å². The van der Waals surface area contributed by atoms with Gasteiger partial charge in [-0.15, -0.1) is 0 Å². The normalized spacial score (nSPS) is 25.5. The van der Waals surface area contributed by atoms with Gasteiger partial charge in [0.25, 0.3) is 0 Å². The first-order chi connectivity index (χ1) is 11.1. The molecule has 2 heterocycles. The molecule has 1 N–H and O–H groups in total. The third-order valence-electron chi connectivity index (χ3n) is 4.58. The van der Waals surface area contributed by atoms with E-state index in [4.69, 9.17) is 11.6 Å². The average Bonchev–Trinajstić information content (AvgIpc) is 2.82. The van der Waals surface area contributed by atoms with Crippen molar-refractivity contribution < 1.29 is 9.59 Å². The van der Waals surface area contributed by atoms with Crippen LogP contribution in [-0.2, 0) is 15.0 Å². The van der Waals surface area contributed by atoms with Crippen LogP contribution in [0.1, 0.15) is 23.6 Å². The number of ketones is 1. The lowest BCUT2D eigenvalue weighted by Gasteiger charge is -2.35. The maximum atomic E-state index is 12.9. The summed E-state index contributed by atoms with van der Waals surface area (Å²) in [6.07, 6.45) is 5.15. The Morgan fingerprint density at radius 2 is 2.09 bits per heavy atom. The molecule has 114 valence electrons. The summed E-state index contributed by atoms with van der Waals surface area (Å²) in [5.74, 6) is -0.473. The molecule has 4 rings (SSSR count). The second-order valence-electron chi connectivity index (χ2n) is 5.82. The van der Waals surface area contributed by atoms with Gasteiger partial charge in [0.2, 0.25) is 5.91 Å². The number of aromatic nitrogens is 1. The first-order valence-corrected chi connectivity index (χ1v) is 7.73. The van der Waals surface area contributed by atoms with E-state index in [1.165, 1.54) is 6.08 Å². The van der Waals surface area contributed by atoms with Crippen LogP contribution in [0.25, 0.3) is 0 Å². The van der Waals surface area contributed by atoms with Crippen molar-refractivity contribution in [3.8, 4) is 0 Å². The Bertz CT molecular complexity index is 847. The Morgan fingerprint density at radius 3 is 2.87 bits per heavy atom. The fraction of sp³-hybridized carbons (Fsp3) is 0.167. The van der Waals surface area contributed by atoms with E-state index in [0.717, 1.165) is 11.3 Å². The second kappa shape index (κ2) is 5.03. The van der Waals surface area contributed by atoms with Crippen LogP contribution in [0.15, 0.2) is 54.7 Å². The van der Waals surface area contributed by atoms with Gasteiger partial charge in [-0.3, -0.25) is 14.6 Å². The molecule has 5 heteroatoms. The van der Waals surface area contributed by atoms with Crippen molar-refractivity contribution in [2.45, 2.75) is 17.8 Å². The third kappa shape index (κ3) is 2.02. The summed E-state index contributed by atoms with van der Waals surface area (Å²) >= 11 is 6.04. The maximum absolute atomic E-state index is 12.9. The third-order valence-corrected chi connectivity index (χ3v) is 4.82. The maximum Gasteiger partial charge on any atom is 0.239 e. The van der Waals surface area contributed by atoms with E-state index in [9.17, 15) is 9.59 Å². The summed E-state index contributed by atoms with van der Waals surface area (Å²) in [5.41, 5.74) is 1.36. The number of anilines is 1. The zero-order chi connectivity index (χ0) is 16.0.